The molecule has 0 unspecified atom stereocenters. The van der Waals surface area contributed by atoms with E-state index >= 15 is 0 Å². The summed E-state index contributed by atoms with van der Waals surface area (Å²) in [5.41, 5.74) is 1.09. The Hall–Kier alpha value is -1.38. The first-order valence-corrected chi connectivity index (χ1v) is 6.59. The van der Waals surface area contributed by atoms with Gasteiger partial charge in [-0.3, -0.25) is 9.59 Å². The van der Waals surface area contributed by atoms with Gasteiger partial charge in [0.05, 0.1) is 11.8 Å². The number of carbonyl (C=O) groups is 2. The molecule has 3 rings (SSSR count). The molecule has 1 saturated carbocycles. The van der Waals surface area contributed by atoms with Crippen LogP contribution in [-0.2, 0) is 11.2 Å². The molecule has 2 aliphatic rings. The van der Waals surface area contributed by atoms with Crippen LogP contribution >= 0.6 is 0 Å². The maximum absolute atomic E-state index is 12.7. The van der Waals surface area contributed by atoms with Gasteiger partial charge in [0, 0.05) is 24.2 Å². The van der Waals surface area contributed by atoms with Gasteiger partial charge in [-0.25, -0.2) is 0 Å². The van der Waals surface area contributed by atoms with Crippen LogP contribution in [-0.4, -0.2) is 11.6 Å². The Labute approximate surface area is 107 Å². The average molecular weight is 246 g/mol. The van der Waals surface area contributed by atoms with Crippen molar-refractivity contribution in [3.8, 4) is 0 Å². The number of hydrogen-bond donors (Lipinski definition) is 0. The van der Waals surface area contributed by atoms with E-state index in [1.807, 2.05) is 13.8 Å². The second kappa shape index (κ2) is 3.56. The quantitative estimate of drug-likeness (QED) is 0.707. The van der Waals surface area contributed by atoms with Gasteiger partial charge in [-0.1, -0.05) is 13.8 Å². The smallest absolute Gasteiger partial charge is 0.170 e. The first-order valence-electron chi connectivity index (χ1n) is 6.59. The molecule has 0 aliphatic heterocycles. The fourth-order valence-corrected chi connectivity index (χ4v) is 3.82. The normalized spacial score (nSPS) is 35.3. The van der Waals surface area contributed by atoms with Gasteiger partial charge < -0.3 is 4.42 Å². The molecule has 3 nitrogen and oxygen atoms in total. The van der Waals surface area contributed by atoms with Gasteiger partial charge in [-0.15, -0.1) is 0 Å². The molecule has 1 fully saturated rings. The van der Waals surface area contributed by atoms with Crippen LogP contribution in [0, 0.1) is 24.2 Å². The van der Waals surface area contributed by atoms with Crippen LogP contribution in [0.3, 0.4) is 0 Å². The van der Waals surface area contributed by atoms with E-state index in [1.165, 1.54) is 0 Å². The number of carbonyl (C=O) groups excluding carboxylic acids is 2. The highest BCUT2D eigenvalue weighted by Crippen LogP contribution is 2.49. The maximum atomic E-state index is 12.7. The van der Waals surface area contributed by atoms with Crippen LogP contribution in [0.2, 0.25) is 0 Å². The van der Waals surface area contributed by atoms with Crippen LogP contribution in [0.5, 0.6) is 0 Å². The van der Waals surface area contributed by atoms with Crippen LogP contribution in [0.15, 0.2) is 10.7 Å². The predicted octanol–water partition coefficient (Wildman–Crippen LogP) is 2.95. The van der Waals surface area contributed by atoms with E-state index in [4.69, 9.17) is 4.42 Å². The third kappa shape index (κ3) is 1.30. The van der Waals surface area contributed by atoms with E-state index in [2.05, 4.69) is 6.92 Å². The molecular formula is C15H18O3. The van der Waals surface area contributed by atoms with Gasteiger partial charge in [0.2, 0.25) is 0 Å². The Morgan fingerprint density at radius 1 is 1.39 bits per heavy atom. The molecule has 1 aromatic heterocycles. The minimum atomic E-state index is -0.550. The molecule has 1 aromatic rings. The molecule has 0 bridgehead atoms. The number of furan rings is 1. The Morgan fingerprint density at radius 2 is 2.11 bits per heavy atom. The molecule has 0 amide bonds. The average Bonchev–Trinajstić information content (AvgIpc) is 2.66. The highest BCUT2D eigenvalue weighted by Gasteiger charge is 2.54. The predicted molar refractivity (Wildman–Crippen MR) is 66.5 cm³/mol. The summed E-state index contributed by atoms with van der Waals surface area (Å²) in [5.74, 6) is 1.16. The lowest BCUT2D eigenvalue weighted by molar-refractivity contribution is -0.135. The van der Waals surface area contributed by atoms with Gasteiger partial charge in [-0.2, -0.15) is 0 Å². The van der Waals surface area contributed by atoms with Gasteiger partial charge in [0.15, 0.2) is 5.78 Å². The summed E-state index contributed by atoms with van der Waals surface area (Å²) in [7, 11) is 0. The fourth-order valence-electron chi connectivity index (χ4n) is 3.82. The van der Waals surface area contributed by atoms with Crippen molar-refractivity contribution in [2.24, 2.45) is 17.3 Å². The fraction of sp³-hybridized carbons (Fsp3) is 0.600. The molecule has 18 heavy (non-hydrogen) atoms. The maximum Gasteiger partial charge on any atom is 0.170 e. The summed E-state index contributed by atoms with van der Waals surface area (Å²) in [4.78, 5) is 24.9. The molecule has 3 heteroatoms. The molecule has 3 atom stereocenters. The lowest BCUT2D eigenvalue weighted by Gasteiger charge is -2.45. The number of aryl methyl sites for hydroxylation is 1. The third-order valence-corrected chi connectivity index (χ3v) is 4.83. The summed E-state index contributed by atoms with van der Waals surface area (Å²) < 4.78 is 5.48. The van der Waals surface area contributed by atoms with Crippen molar-refractivity contribution in [1.82, 2.24) is 0 Å². The van der Waals surface area contributed by atoms with Crippen molar-refractivity contribution in [1.29, 1.82) is 0 Å². The van der Waals surface area contributed by atoms with E-state index in [-0.39, 0.29) is 23.4 Å². The minimum Gasteiger partial charge on any atom is -0.468 e. The van der Waals surface area contributed by atoms with Crippen LogP contribution < -0.4 is 0 Å². The summed E-state index contributed by atoms with van der Waals surface area (Å²) in [6.45, 7) is 5.93. The molecule has 0 N–H and O–H groups in total. The van der Waals surface area contributed by atoms with E-state index < -0.39 is 5.41 Å². The number of fused-ring (bicyclic) bond motifs is 2. The first kappa shape index (κ1) is 11.7. The Kier molecular flexibility index (Phi) is 2.31. The first-order chi connectivity index (χ1) is 8.45. The zero-order chi connectivity index (χ0) is 13.1. The summed E-state index contributed by atoms with van der Waals surface area (Å²) in [6, 6.07) is 0. The van der Waals surface area contributed by atoms with Gasteiger partial charge in [0.1, 0.15) is 11.5 Å². The lowest BCUT2D eigenvalue weighted by Crippen LogP contribution is -2.51. The highest BCUT2D eigenvalue weighted by atomic mass is 16.3. The number of ketones is 2. The number of Topliss-reactive ketones (excluding diaryl/α,β-unsaturated/α-hetero) is 2. The highest BCUT2D eigenvalue weighted by molar-refractivity contribution is 6.06. The van der Waals surface area contributed by atoms with Gasteiger partial charge in [-0.05, 0) is 24.8 Å². The molecule has 0 spiro atoms. The molecule has 0 radical (unpaired) electrons. The van der Waals surface area contributed by atoms with Crippen LogP contribution in [0.1, 0.15) is 48.4 Å². The Balaban J connectivity index is 2.17. The zero-order valence-corrected chi connectivity index (χ0v) is 11.1. The van der Waals surface area contributed by atoms with E-state index in [1.54, 1.807) is 6.26 Å². The van der Waals surface area contributed by atoms with Gasteiger partial charge >= 0.3 is 0 Å². The second-order valence-corrected chi connectivity index (χ2v) is 6.09. The molecule has 1 heterocycles. The number of rotatable bonds is 0. The Bertz CT molecular complexity index is 540. The van der Waals surface area contributed by atoms with Crippen molar-refractivity contribution >= 4 is 11.6 Å². The summed E-state index contributed by atoms with van der Waals surface area (Å²) in [5, 5.41) is 0. The third-order valence-electron chi connectivity index (χ3n) is 4.83. The van der Waals surface area contributed by atoms with Crippen LogP contribution in [0.25, 0.3) is 0 Å². The van der Waals surface area contributed by atoms with Gasteiger partial charge in [0.25, 0.3) is 0 Å². The van der Waals surface area contributed by atoms with E-state index in [0.29, 0.717) is 18.6 Å². The van der Waals surface area contributed by atoms with Crippen molar-refractivity contribution in [2.75, 3.05) is 0 Å². The monoisotopic (exact) mass is 246 g/mol. The summed E-state index contributed by atoms with van der Waals surface area (Å²) in [6.07, 6.45) is 3.64. The minimum absolute atomic E-state index is 0.116. The van der Waals surface area contributed by atoms with Crippen molar-refractivity contribution in [2.45, 2.75) is 40.0 Å². The molecule has 2 aliphatic carbocycles. The van der Waals surface area contributed by atoms with Crippen molar-refractivity contribution in [3.05, 3.63) is 23.2 Å². The second-order valence-electron chi connectivity index (χ2n) is 6.09. The molecular weight excluding hydrogens is 228 g/mol. The topological polar surface area (TPSA) is 47.3 Å². The molecule has 0 aromatic carbocycles. The standard InChI is InChI=1S/C15H18O3/c1-8-4-5-11(16)15(3)6-10-12(9(2)7-18-10)14(17)13(8)15/h7-8,13H,4-6H2,1-3H3/t8-,13-,15+/m0/s1. The molecule has 96 valence electrons. The number of hydrogen-bond acceptors (Lipinski definition) is 3. The van der Waals surface area contributed by atoms with Crippen LogP contribution in [0.4, 0.5) is 0 Å². The largest absolute Gasteiger partial charge is 0.468 e. The summed E-state index contributed by atoms with van der Waals surface area (Å²) >= 11 is 0. The SMILES string of the molecule is Cc1coc2c1C(=O)[C@@H]1[C@@H](C)CCC(=O)[C@@]1(C)C2. The van der Waals surface area contributed by atoms with Crippen molar-refractivity contribution < 1.29 is 14.0 Å². The lowest BCUT2D eigenvalue weighted by atomic mass is 9.56. The zero-order valence-electron chi connectivity index (χ0n) is 11.1. The van der Waals surface area contributed by atoms with E-state index in [0.717, 1.165) is 17.5 Å². The molecule has 0 saturated heterocycles. The van der Waals surface area contributed by atoms with Crippen molar-refractivity contribution in [3.63, 3.8) is 0 Å². The Morgan fingerprint density at radius 3 is 2.83 bits per heavy atom. The van der Waals surface area contributed by atoms with E-state index in [9.17, 15) is 9.59 Å².